The first-order valence-corrected chi connectivity index (χ1v) is 8.78. The number of rotatable bonds is 4. The number of para-hydroxylation sites is 1. The molecule has 0 fully saturated rings. The van der Waals surface area contributed by atoms with Gasteiger partial charge in [0.2, 0.25) is 5.52 Å². The van der Waals surface area contributed by atoms with Crippen LogP contribution in [0.4, 0.5) is 5.69 Å². The Morgan fingerprint density at radius 2 is 1.46 bits per heavy atom. The second kappa shape index (κ2) is 7.24. The Kier molecular flexibility index (Phi) is 4.48. The number of nitrogens with two attached hydrogens (primary N) is 1. The molecule has 0 unspecified atom stereocenters. The van der Waals surface area contributed by atoms with Gasteiger partial charge in [-0.2, -0.15) is 4.57 Å². The predicted octanol–water partition coefficient (Wildman–Crippen LogP) is 4.93. The van der Waals surface area contributed by atoms with E-state index in [4.69, 9.17) is 5.73 Å². The average molecular weight is 337 g/mol. The molecule has 0 radical (unpaired) electrons. The lowest BCUT2D eigenvalue weighted by Gasteiger charge is -2.05. The van der Waals surface area contributed by atoms with Crippen molar-refractivity contribution in [3.05, 3.63) is 108 Å². The van der Waals surface area contributed by atoms with E-state index in [1.165, 1.54) is 22.0 Å². The standard InChI is InChI=1S/C24H20N2/c25-22-14-11-19(12-15-22)10-13-21-16-17-26(18-20-6-2-1-3-7-20)24-9-5-4-8-23(21)24/h1-17,25H,18H2/p+1. The molecule has 4 rings (SSSR count). The minimum Gasteiger partial charge on any atom is -0.399 e. The molecule has 2 nitrogen and oxygen atoms in total. The lowest BCUT2D eigenvalue weighted by atomic mass is 10.1. The van der Waals surface area contributed by atoms with E-state index in [0.717, 1.165) is 17.8 Å². The van der Waals surface area contributed by atoms with Crippen LogP contribution in [0, 0.1) is 0 Å². The van der Waals surface area contributed by atoms with Gasteiger partial charge >= 0.3 is 0 Å². The van der Waals surface area contributed by atoms with E-state index in [1.54, 1.807) is 0 Å². The molecule has 0 atom stereocenters. The van der Waals surface area contributed by atoms with Crippen LogP contribution < -0.4 is 10.3 Å². The van der Waals surface area contributed by atoms with Gasteiger partial charge in [-0.25, -0.2) is 0 Å². The van der Waals surface area contributed by atoms with E-state index in [0.29, 0.717) is 0 Å². The van der Waals surface area contributed by atoms with Gasteiger partial charge in [-0.1, -0.05) is 66.7 Å². The zero-order valence-electron chi connectivity index (χ0n) is 14.5. The second-order valence-corrected chi connectivity index (χ2v) is 6.40. The highest BCUT2D eigenvalue weighted by molar-refractivity contribution is 5.88. The number of benzene rings is 3. The summed E-state index contributed by atoms with van der Waals surface area (Å²) in [5.74, 6) is 0. The number of fused-ring (bicyclic) bond motifs is 1. The third kappa shape index (κ3) is 3.50. The van der Waals surface area contributed by atoms with Crippen molar-refractivity contribution < 1.29 is 4.57 Å². The number of anilines is 1. The molecule has 3 aromatic carbocycles. The molecule has 0 saturated carbocycles. The van der Waals surface area contributed by atoms with Crippen LogP contribution in [-0.4, -0.2) is 0 Å². The molecule has 0 bridgehead atoms. The first-order valence-electron chi connectivity index (χ1n) is 8.78. The molecule has 126 valence electrons. The fourth-order valence-electron chi connectivity index (χ4n) is 3.17. The minimum atomic E-state index is 0.786. The Balaban J connectivity index is 1.71. The molecule has 0 aliphatic heterocycles. The van der Waals surface area contributed by atoms with Crippen LogP contribution in [0.1, 0.15) is 16.7 Å². The molecule has 2 heteroatoms. The summed E-state index contributed by atoms with van der Waals surface area (Å²) in [6, 6.07) is 29.2. The van der Waals surface area contributed by atoms with Crippen molar-refractivity contribution in [2.24, 2.45) is 0 Å². The average Bonchev–Trinajstić information content (AvgIpc) is 2.69. The van der Waals surface area contributed by atoms with Crippen LogP contribution >= 0.6 is 0 Å². The van der Waals surface area contributed by atoms with Gasteiger partial charge in [0.15, 0.2) is 12.7 Å². The van der Waals surface area contributed by atoms with Crippen molar-refractivity contribution >= 4 is 28.7 Å². The van der Waals surface area contributed by atoms with Crippen molar-refractivity contribution in [2.75, 3.05) is 5.73 Å². The summed E-state index contributed by atoms with van der Waals surface area (Å²) in [6.45, 7) is 0.864. The van der Waals surface area contributed by atoms with Gasteiger partial charge in [-0.05, 0) is 29.3 Å². The Labute approximate surface area is 153 Å². The van der Waals surface area contributed by atoms with Crippen LogP contribution in [0.2, 0.25) is 0 Å². The summed E-state index contributed by atoms with van der Waals surface area (Å²) in [5.41, 5.74) is 11.4. The zero-order valence-corrected chi connectivity index (χ0v) is 14.5. The van der Waals surface area contributed by atoms with Gasteiger partial charge in [0.05, 0.1) is 5.39 Å². The molecule has 0 aliphatic carbocycles. The van der Waals surface area contributed by atoms with Gasteiger partial charge in [0.25, 0.3) is 0 Å². The third-order valence-corrected chi connectivity index (χ3v) is 4.55. The molecule has 0 aliphatic rings. The van der Waals surface area contributed by atoms with Gasteiger partial charge in [-0.3, -0.25) is 0 Å². The Bertz CT molecular complexity index is 1050. The quantitative estimate of drug-likeness (QED) is 0.415. The number of hydrogen-bond acceptors (Lipinski definition) is 1. The van der Waals surface area contributed by atoms with Crippen LogP contribution in [0.3, 0.4) is 0 Å². The first-order chi connectivity index (χ1) is 12.8. The maximum absolute atomic E-state index is 5.76. The van der Waals surface area contributed by atoms with E-state index in [1.807, 2.05) is 24.3 Å². The lowest BCUT2D eigenvalue weighted by Crippen LogP contribution is -2.34. The third-order valence-electron chi connectivity index (χ3n) is 4.55. The summed E-state index contributed by atoms with van der Waals surface area (Å²) < 4.78 is 2.30. The first kappa shape index (κ1) is 16.1. The lowest BCUT2D eigenvalue weighted by molar-refractivity contribution is -0.662. The number of nitrogen functional groups attached to an aromatic ring is 1. The molecule has 1 aromatic heterocycles. The molecular formula is C24H21N2+. The summed E-state index contributed by atoms with van der Waals surface area (Å²) in [7, 11) is 0. The SMILES string of the molecule is Nc1ccc(C=Cc2cc[n+](Cc3ccccc3)c3ccccc23)cc1. The van der Waals surface area contributed by atoms with Gasteiger partial charge in [-0.15, -0.1) is 0 Å². The number of pyridine rings is 1. The second-order valence-electron chi connectivity index (χ2n) is 6.40. The van der Waals surface area contributed by atoms with Crippen molar-refractivity contribution in [3.8, 4) is 0 Å². The molecule has 4 aromatic rings. The van der Waals surface area contributed by atoms with Crippen LogP contribution in [0.15, 0.2) is 91.1 Å². The summed E-state index contributed by atoms with van der Waals surface area (Å²) in [6.07, 6.45) is 6.46. The van der Waals surface area contributed by atoms with Gasteiger partial charge < -0.3 is 5.73 Å². The monoisotopic (exact) mass is 337 g/mol. The maximum atomic E-state index is 5.76. The van der Waals surface area contributed by atoms with Crippen molar-refractivity contribution in [1.29, 1.82) is 0 Å². The summed E-state index contributed by atoms with van der Waals surface area (Å²) in [4.78, 5) is 0. The Morgan fingerprint density at radius 1 is 0.731 bits per heavy atom. The predicted molar refractivity (Wildman–Crippen MR) is 109 cm³/mol. The molecule has 0 amide bonds. The highest BCUT2D eigenvalue weighted by Crippen LogP contribution is 2.19. The smallest absolute Gasteiger partial charge is 0.213 e. The van der Waals surface area contributed by atoms with Crippen LogP contribution in [-0.2, 0) is 6.54 Å². The fourth-order valence-corrected chi connectivity index (χ4v) is 3.17. The van der Waals surface area contributed by atoms with E-state index >= 15 is 0 Å². The van der Waals surface area contributed by atoms with Gasteiger partial charge in [0, 0.05) is 23.4 Å². The van der Waals surface area contributed by atoms with Crippen molar-refractivity contribution in [2.45, 2.75) is 6.54 Å². The number of nitrogens with zero attached hydrogens (tertiary/aromatic N) is 1. The maximum Gasteiger partial charge on any atom is 0.213 e. The van der Waals surface area contributed by atoms with Crippen LogP contribution in [0.5, 0.6) is 0 Å². The van der Waals surface area contributed by atoms with E-state index in [2.05, 4.69) is 83.6 Å². The van der Waals surface area contributed by atoms with E-state index < -0.39 is 0 Å². The number of aromatic nitrogens is 1. The molecule has 0 saturated heterocycles. The largest absolute Gasteiger partial charge is 0.399 e. The summed E-state index contributed by atoms with van der Waals surface area (Å²) in [5, 5.41) is 1.25. The van der Waals surface area contributed by atoms with Crippen molar-refractivity contribution in [1.82, 2.24) is 0 Å². The van der Waals surface area contributed by atoms with Gasteiger partial charge in [0.1, 0.15) is 0 Å². The Morgan fingerprint density at radius 3 is 2.27 bits per heavy atom. The highest BCUT2D eigenvalue weighted by Gasteiger charge is 2.11. The molecular weight excluding hydrogens is 316 g/mol. The Hall–Kier alpha value is -3.39. The van der Waals surface area contributed by atoms with Crippen LogP contribution in [0.25, 0.3) is 23.1 Å². The van der Waals surface area contributed by atoms with Crippen molar-refractivity contribution in [3.63, 3.8) is 0 Å². The summed E-state index contributed by atoms with van der Waals surface area (Å²) >= 11 is 0. The topological polar surface area (TPSA) is 29.9 Å². The zero-order chi connectivity index (χ0) is 17.8. The minimum absolute atomic E-state index is 0.786. The normalized spacial score (nSPS) is 11.2. The molecule has 1 heterocycles. The van der Waals surface area contributed by atoms with E-state index in [-0.39, 0.29) is 0 Å². The molecule has 26 heavy (non-hydrogen) atoms. The number of hydrogen-bond donors (Lipinski definition) is 1. The fraction of sp³-hybridized carbons (Fsp3) is 0.0417. The highest BCUT2D eigenvalue weighted by atomic mass is 14.9. The van der Waals surface area contributed by atoms with E-state index in [9.17, 15) is 0 Å². The molecule has 0 spiro atoms. The molecule has 2 N–H and O–H groups in total.